The lowest BCUT2D eigenvalue weighted by Crippen LogP contribution is -2.59. The minimum absolute atomic E-state index is 0.00475. The lowest BCUT2D eigenvalue weighted by atomic mass is 9.96. The van der Waals surface area contributed by atoms with Crippen LogP contribution >= 0.6 is 0 Å². The van der Waals surface area contributed by atoms with Crippen molar-refractivity contribution in [2.75, 3.05) is 42.4 Å². The highest BCUT2D eigenvalue weighted by Crippen LogP contribution is 2.22. The van der Waals surface area contributed by atoms with Gasteiger partial charge in [-0.3, -0.25) is 24.1 Å². The van der Waals surface area contributed by atoms with Crippen LogP contribution in [0.4, 0.5) is 0 Å². The van der Waals surface area contributed by atoms with Crippen LogP contribution in [0.1, 0.15) is 50.8 Å². The van der Waals surface area contributed by atoms with Gasteiger partial charge in [0.1, 0.15) is 41.4 Å². The smallest absolute Gasteiger partial charge is 0.328 e. The number of esters is 2. The molecule has 3 rings (SSSR count). The first-order chi connectivity index (χ1) is 27.4. The van der Waals surface area contributed by atoms with Crippen LogP contribution in [0.15, 0.2) is 72.8 Å². The molecule has 0 saturated carbocycles. The number of hydrogen-bond acceptors (Lipinski definition) is 11. The molecule has 0 spiro atoms. The molecule has 3 aromatic rings. The normalized spacial score (nSPS) is 14.3. The van der Waals surface area contributed by atoms with Crippen molar-refractivity contribution in [3.8, 4) is 17.2 Å². The number of methoxy groups -OCH3 is 2. The molecule has 3 N–H and O–H groups in total. The highest BCUT2D eigenvalue weighted by atomic mass is 16.6. The molecule has 0 saturated heterocycles. The zero-order valence-corrected chi connectivity index (χ0v) is 35.3. The van der Waals surface area contributed by atoms with Crippen LogP contribution in [0.5, 0.6) is 17.2 Å². The van der Waals surface area contributed by atoms with E-state index < -0.39 is 71.8 Å². The standard InChI is InChI=1S/C44H60N4O10/c1-11-28(4)39(58-44(55)36(46(5)6)25-31-16-22-34(56-9)23-17-31)40(51)45-38(27(2)3)42(53)47(7)35(24-29-12-18-32(49)19-13-29)41(52)48(8)37(43(54)57-10)26-30-14-20-33(50)21-15-30/h12-23,27-28,35-39,49-50H,11,24-26H2,1-10H3,(H,45,51)/t28-,35+,36-,37+,38-,39-/m0/s1. The van der Waals surface area contributed by atoms with Gasteiger partial charge in [0.15, 0.2) is 6.10 Å². The van der Waals surface area contributed by atoms with Gasteiger partial charge in [0.2, 0.25) is 11.8 Å². The number of rotatable bonds is 20. The summed E-state index contributed by atoms with van der Waals surface area (Å²) in [5.74, 6) is -3.22. The number of nitrogens with one attached hydrogen (secondary N) is 1. The number of aromatic hydroxyl groups is 2. The van der Waals surface area contributed by atoms with Gasteiger partial charge in [0, 0.05) is 32.9 Å². The number of nitrogens with zero attached hydrogens (tertiary/aromatic N) is 3. The molecular formula is C44H60N4O10. The average molecular weight is 805 g/mol. The number of ether oxygens (including phenoxy) is 3. The monoisotopic (exact) mass is 804 g/mol. The maximum atomic E-state index is 14.5. The third-order valence-corrected chi connectivity index (χ3v) is 10.5. The first-order valence-corrected chi connectivity index (χ1v) is 19.4. The van der Waals surface area contributed by atoms with Crippen molar-refractivity contribution in [3.05, 3.63) is 89.5 Å². The first-order valence-electron chi connectivity index (χ1n) is 19.4. The molecule has 0 aliphatic heterocycles. The van der Waals surface area contributed by atoms with E-state index >= 15 is 0 Å². The summed E-state index contributed by atoms with van der Waals surface area (Å²) in [5, 5.41) is 22.6. The molecule has 0 unspecified atom stereocenters. The Morgan fingerprint density at radius 1 is 0.638 bits per heavy atom. The van der Waals surface area contributed by atoms with Crippen molar-refractivity contribution in [1.29, 1.82) is 0 Å². The molecule has 14 nitrogen and oxygen atoms in total. The number of benzene rings is 3. The Bertz CT molecular complexity index is 1820. The van der Waals surface area contributed by atoms with E-state index in [0.29, 0.717) is 29.7 Å². The van der Waals surface area contributed by atoms with Crippen molar-refractivity contribution >= 4 is 29.7 Å². The molecule has 3 aromatic carbocycles. The molecule has 316 valence electrons. The molecule has 0 aromatic heterocycles. The lowest BCUT2D eigenvalue weighted by molar-refractivity contribution is -0.164. The van der Waals surface area contributed by atoms with Crippen molar-refractivity contribution in [1.82, 2.24) is 20.0 Å². The second-order valence-electron chi connectivity index (χ2n) is 15.2. The summed E-state index contributed by atoms with van der Waals surface area (Å²) in [6.45, 7) is 7.18. The van der Waals surface area contributed by atoms with Gasteiger partial charge < -0.3 is 39.5 Å². The van der Waals surface area contributed by atoms with Crippen LogP contribution in [-0.2, 0) is 52.7 Å². The number of carbonyl (C=O) groups is 5. The van der Waals surface area contributed by atoms with Crippen LogP contribution in [0.3, 0.4) is 0 Å². The summed E-state index contributed by atoms with van der Waals surface area (Å²) in [7, 11) is 9.21. The molecule has 0 fully saturated rings. The van der Waals surface area contributed by atoms with Crippen molar-refractivity contribution < 1.29 is 48.4 Å². The summed E-state index contributed by atoms with van der Waals surface area (Å²) >= 11 is 0. The Labute approximate surface area is 342 Å². The zero-order valence-electron chi connectivity index (χ0n) is 35.3. The molecule has 0 aliphatic carbocycles. The van der Waals surface area contributed by atoms with Crippen molar-refractivity contribution in [2.24, 2.45) is 11.8 Å². The quantitative estimate of drug-likeness (QED) is 0.141. The van der Waals surface area contributed by atoms with E-state index in [1.807, 2.05) is 19.1 Å². The topological polar surface area (TPSA) is 175 Å². The Morgan fingerprint density at radius 3 is 1.52 bits per heavy atom. The Balaban J connectivity index is 1.92. The number of hydrogen-bond donors (Lipinski definition) is 3. The zero-order chi connectivity index (χ0) is 43.3. The SMILES string of the molecule is CC[C@H](C)[C@H](OC(=O)[C@H](Cc1ccc(OC)cc1)N(C)C)C(=O)N[C@H](C(=O)N(C)[C@H](Cc1ccc(O)cc1)C(=O)N(C)[C@H](Cc1ccc(O)cc1)C(=O)OC)C(C)C. The lowest BCUT2D eigenvalue weighted by Gasteiger charge is -2.36. The number of carbonyl (C=O) groups excluding carboxylic acids is 5. The van der Waals surface area contributed by atoms with Gasteiger partial charge in [-0.25, -0.2) is 4.79 Å². The number of phenols is 2. The Kier molecular flexibility index (Phi) is 17.5. The first kappa shape index (κ1) is 46.8. The van der Waals surface area contributed by atoms with E-state index in [1.165, 1.54) is 55.3 Å². The van der Waals surface area contributed by atoms with Crippen LogP contribution in [-0.4, -0.2) is 127 Å². The van der Waals surface area contributed by atoms with Gasteiger partial charge in [-0.1, -0.05) is 64.1 Å². The third kappa shape index (κ3) is 12.7. The summed E-state index contributed by atoms with van der Waals surface area (Å²) in [5.41, 5.74) is 2.15. The van der Waals surface area contributed by atoms with E-state index in [2.05, 4.69) is 5.32 Å². The second-order valence-corrected chi connectivity index (χ2v) is 15.2. The summed E-state index contributed by atoms with van der Waals surface area (Å²) in [6, 6.07) is 15.6. The van der Waals surface area contributed by atoms with E-state index in [9.17, 15) is 34.2 Å². The Hall–Kier alpha value is -5.63. The van der Waals surface area contributed by atoms with Gasteiger partial charge in [-0.2, -0.15) is 0 Å². The van der Waals surface area contributed by atoms with Gasteiger partial charge in [-0.05, 0) is 85.9 Å². The van der Waals surface area contributed by atoms with Crippen LogP contribution in [0, 0.1) is 11.8 Å². The van der Waals surface area contributed by atoms with Gasteiger partial charge in [0.25, 0.3) is 5.91 Å². The summed E-state index contributed by atoms with van der Waals surface area (Å²) in [6.07, 6.45) is -0.341. The highest BCUT2D eigenvalue weighted by molar-refractivity contribution is 5.95. The third-order valence-electron chi connectivity index (χ3n) is 10.5. The minimum atomic E-state index is -1.23. The van der Waals surface area contributed by atoms with E-state index in [1.54, 1.807) is 83.3 Å². The van der Waals surface area contributed by atoms with Gasteiger partial charge in [-0.15, -0.1) is 0 Å². The van der Waals surface area contributed by atoms with E-state index in [4.69, 9.17) is 14.2 Å². The van der Waals surface area contributed by atoms with E-state index in [-0.39, 0.29) is 24.3 Å². The summed E-state index contributed by atoms with van der Waals surface area (Å²) in [4.78, 5) is 74.2. The van der Waals surface area contributed by atoms with Gasteiger partial charge in [0.05, 0.1) is 14.2 Å². The van der Waals surface area contributed by atoms with Gasteiger partial charge >= 0.3 is 11.9 Å². The molecule has 0 radical (unpaired) electrons. The molecule has 14 heteroatoms. The van der Waals surface area contributed by atoms with Crippen molar-refractivity contribution in [3.63, 3.8) is 0 Å². The molecule has 3 amide bonds. The highest BCUT2D eigenvalue weighted by Gasteiger charge is 2.40. The predicted molar refractivity (Wildman–Crippen MR) is 219 cm³/mol. The van der Waals surface area contributed by atoms with Crippen LogP contribution in [0.25, 0.3) is 0 Å². The number of likely N-dealkylation sites (N-methyl/N-ethyl adjacent to an activating group) is 3. The molecule has 0 heterocycles. The molecule has 0 bridgehead atoms. The fourth-order valence-electron chi connectivity index (χ4n) is 6.43. The Morgan fingerprint density at radius 2 is 1.09 bits per heavy atom. The fraction of sp³-hybridized carbons (Fsp3) is 0.477. The summed E-state index contributed by atoms with van der Waals surface area (Å²) < 4.78 is 16.3. The van der Waals surface area contributed by atoms with Crippen LogP contribution in [0.2, 0.25) is 0 Å². The molecule has 0 aliphatic rings. The fourth-order valence-corrected chi connectivity index (χ4v) is 6.43. The number of amides is 3. The second kappa shape index (κ2) is 21.8. The average Bonchev–Trinajstić information content (AvgIpc) is 3.21. The minimum Gasteiger partial charge on any atom is -0.508 e. The predicted octanol–water partition coefficient (Wildman–Crippen LogP) is 3.99. The maximum absolute atomic E-state index is 14.5. The van der Waals surface area contributed by atoms with E-state index in [0.717, 1.165) is 5.56 Å². The van der Waals surface area contributed by atoms with Crippen molar-refractivity contribution in [2.45, 2.75) is 83.6 Å². The molecule has 6 atom stereocenters. The number of phenolic OH excluding ortho intramolecular Hbond substituents is 2. The maximum Gasteiger partial charge on any atom is 0.328 e. The largest absolute Gasteiger partial charge is 0.508 e. The molecular weight excluding hydrogens is 745 g/mol. The van der Waals surface area contributed by atoms with Crippen LogP contribution < -0.4 is 10.1 Å². The molecule has 58 heavy (non-hydrogen) atoms.